The summed E-state index contributed by atoms with van der Waals surface area (Å²) in [5.74, 6) is -0.374. The van der Waals surface area contributed by atoms with Crippen LogP contribution in [0.15, 0.2) is 52.1 Å². The highest BCUT2D eigenvalue weighted by Gasteiger charge is 2.38. The zero-order chi connectivity index (χ0) is 22.0. The summed E-state index contributed by atoms with van der Waals surface area (Å²) < 4.78 is 10.9. The van der Waals surface area contributed by atoms with Crippen LogP contribution in [0, 0.1) is 6.92 Å². The van der Waals surface area contributed by atoms with Crippen molar-refractivity contribution in [2.45, 2.75) is 26.8 Å². The largest absolute Gasteiger partial charge is 0.503 e. The van der Waals surface area contributed by atoms with Crippen LogP contribution in [0.3, 0.4) is 0 Å². The summed E-state index contributed by atoms with van der Waals surface area (Å²) in [6.45, 7) is 5.54. The molecule has 2 aromatic rings. The van der Waals surface area contributed by atoms with E-state index >= 15 is 0 Å². The molecule has 158 valence electrons. The molecule has 0 fully saturated rings. The Kier molecular flexibility index (Phi) is 6.36. The number of rotatable bonds is 5. The Bertz CT molecular complexity index is 1030. The summed E-state index contributed by atoms with van der Waals surface area (Å²) in [7, 11) is 1.43. The van der Waals surface area contributed by atoms with Gasteiger partial charge in [0.15, 0.2) is 11.5 Å². The Hall–Kier alpha value is -3.00. The molecule has 8 heteroatoms. The lowest BCUT2D eigenvalue weighted by Gasteiger charge is -2.36. The van der Waals surface area contributed by atoms with Gasteiger partial charge >= 0.3 is 12.0 Å². The number of carbonyl (C=O) groups is 2. The molecule has 3 rings (SSSR count). The van der Waals surface area contributed by atoms with Gasteiger partial charge in [-0.1, -0.05) is 18.2 Å². The maximum Gasteiger partial charge on any atom is 0.338 e. The number of hydrogen-bond acceptors (Lipinski definition) is 5. The lowest BCUT2D eigenvalue weighted by atomic mass is 9.94. The normalized spacial score (nSPS) is 16.4. The molecule has 0 unspecified atom stereocenters. The fourth-order valence-electron chi connectivity index (χ4n) is 3.49. The minimum absolute atomic E-state index is 0.0664. The number of para-hydroxylation sites is 1. The van der Waals surface area contributed by atoms with Gasteiger partial charge < -0.3 is 19.9 Å². The number of methoxy groups -OCH3 is 1. The SMILES string of the molecule is CCOC(=O)C1=C(C)N(c2ccccc2C)C(=O)N[C@H]1c1cc(Br)c(O)c(OC)c1. The van der Waals surface area contributed by atoms with Crippen LogP contribution < -0.4 is 15.0 Å². The monoisotopic (exact) mass is 474 g/mol. The van der Waals surface area contributed by atoms with Crippen LogP contribution in [0.1, 0.15) is 31.0 Å². The highest BCUT2D eigenvalue weighted by atomic mass is 79.9. The third-order valence-corrected chi connectivity index (χ3v) is 5.54. The van der Waals surface area contributed by atoms with Gasteiger partial charge in [-0.2, -0.15) is 0 Å². The predicted molar refractivity (Wildman–Crippen MR) is 117 cm³/mol. The molecule has 0 spiro atoms. The Morgan fingerprint density at radius 1 is 1.27 bits per heavy atom. The number of urea groups is 1. The van der Waals surface area contributed by atoms with Gasteiger partial charge in [0.05, 0.1) is 35.5 Å². The fraction of sp³-hybridized carbons (Fsp3) is 0.273. The van der Waals surface area contributed by atoms with Crippen molar-refractivity contribution >= 4 is 33.6 Å². The molecule has 0 aliphatic carbocycles. The van der Waals surface area contributed by atoms with Crippen molar-refractivity contribution in [1.82, 2.24) is 5.32 Å². The van der Waals surface area contributed by atoms with Gasteiger partial charge in [0.25, 0.3) is 0 Å². The number of amides is 2. The van der Waals surface area contributed by atoms with Crippen LogP contribution in [0.25, 0.3) is 0 Å². The summed E-state index contributed by atoms with van der Waals surface area (Å²) >= 11 is 3.30. The number of nitrogens with zero attached hydrogens (tertiary/aromatic N) is 1. The molecule has 30 heavy (non-hydrogen) atoms. The van der Waals surface area contributed by atoms with E-state index in [1.165, 1.54) is 12.0 Å². The Labute approximate surface area is 183 Å². The summed E-state index contributed by atoms with van der Waals surface area (Å²) in [6.07, 6.45) is 0. The summed E-state index contributed by atoms with van der Waals surface area (Å²) in [4.78, 5) is 27.5. The average Bonchev–Trinajstić information content (AvgIpc) is 2.71. The molecule has 2 amide bonds. The van der Waals surface area contributed by atoms with Crippen molar-refractivity contribution in [2.75, 3.05) is 18.6 Å². The highest BCUT2D eigenvalue weighted by molar-refractivity contribution is 9.10. The minimum atomic E-state index is -0.775. The van der Waals surface area contributed by atoms with E-state index in [1.807, 2.05) is 31.2 Å². The van der Waals surface area contributed by atoms with Gasteiger partial charge in [0, 0.05) is 5.70 Å². The summed E-state index contributed by atoms with van der Waals surface area (Å²) in [6, 6.07) is 9.51. The molecule has 0 aromatic heterocycles. The highest BCUT2D eigenvalue weighted by Crippen LogP contribution is 2.41. The molecule has 2 N–H and O–H groups in total. The number of anilines is 1. The Morgan fingerprint density at radius 2 is 1.97 bits per heavy atom. The van der Waals surface area contributed by atoms with Crippen molar-refractivity contribution in [3.8, 4) is 11.5 Å². The first-order chi connectivity index (χ1) is 14.3. The molecule has 2 aromatic carbocycles. The zero-order valence-electron chi connectivity index (χ0n) is 17.2. The molecular weight excluding hydrogens is 452 g/mol. The van der Waals surface area contributed by atoms with E-state index in [0.29, 0.717) is 27.0 Å². The standard InChI is InChI=1S/C22H23BrN2O5/c1-5-30-21(27)18-13(3)25(16-9-7-6-8-12(16)2)22(28)24-19(18)14-10-15(23)20(26)17(11-14)29-4/h6-11,19,26H,5H2,1-4H3,(H,24,28)/t19-/m0/s1. The molecule has 0 bridgehead atoms. The number of ether oxygens (including phenoxy) is 2. The number of hydrogen-bond donors (Lipinski definition) is 2. The average molecular weight is 475 g/mol. The second kappa shape index (κ2) is 8.79. The van der Waals surface area contributed by atoms with Crippen LogP contribution in [-0.2, 0) is 9.53 Å². The van der Waals surface area contributed by atoms with Crippen molar-refractivity contribution in [1.29, 1.82) is 0 Å². The van der Waals surface area contributed by atoms with E-state index in [9.17, 15) is 14.7 Å². The maximum atomic E-state index is 13.1. The van der Waals surface area contributed by atoms with E-state index in [0.717, 1.165) is 5.56 Å². The predicted octanol–water partition coefficient (Wildman–Crippen LogP) is 4.58. The first-order valence-corrected chi connectivity index (χ1v) is 10.2. The summed E-state index contributed by atoms with van der Waals surface area (Å²) in [5.41, 5.74) is 2.91. The molecule has 1 aliphatic heterocycles. The van der Waals surface area contributed by atoms with Crippen molar-refractivity contribution in [3.05, 3.63) is 63.3 Å². The number of carbonyl (C=O) groups excluding carboxylic acids is 2. The molecule has 1 atom stereocenters. The van der Waals surface area contributed by atoms with Gasteiger partial charge in [-0.25, -0.2) is 9.59 Å². The summed E-state index contributed by atoms with van der Waals surface area (Å²) in [5, 5.41) is 13.0. The van der Waals surface area contributed by atoms with Crippen LogP contribution >= 0.6 is 15.9 Å². The van der Waals surface area contributed by atoms with Gasteiger partial charge in [-0.3, -0.25) is 4.90 Å². The second-order valence-electron chi connectivity index (χ2n) is 6.78. The smallest absolute Gasteiger partial charge is 0.338 e. The topological polar surface area (TPSA) is 88.1 Å². The number of aryl methyl sites for hydroxylation is 1. The molecule has 1 heterocycles. The molecule has 0 radical (unpaired) electrons. The quantitative estimate of drug-likeness (QED) is 0.619. The third kappa shape index (κ3) is 3.87. The molecule has 0 saturated carbocycles. The molecule has 1 aliphatic rings. The number of phenols is 1. The second-order valence-corrected chi connectivity index (χ2v) is 7.63. The molecule has 0 saturated heterocycles. The van der Waals surface area contributed by atoms with E-state index in [-0.39, 0.29) is 24.1 Å². The number of aromatic hydroxyl groups is 1. The molecule has 7 nitrogen and oxygen atoms in total. The number of esters is 1. The number of allylic oxidation sites excluding steroid dienone is 1. The Morgan fingerprint density at radius 3 is 2.60 bits per heavy atom. The minimum Gasteiger partial charge on any atom is -0.503 e. The van der Waals surface area contributed by atoms with Crippen LogP contribution in [0.4, 0.5) is 10.5 Å². The maximum absolute atomic E-state index is 13.1. The number of nitrogens with one attached hydrogen (secondary N) is 1. The molecular formula is C22H23BrN2O5. The number of benzene rings is 2. The number of halogens is 1. The first kappa shape index (κ1) is 21.7. The van der Waals surface area contributed by atoms with E-state index in [1.54, 1.807) is 26.0 Å². The lowest BCUT2D eigenvalue weighted by molar-refractivity contribution is -0.139. The van der Waals surface area contributed by atoms with E-state index in [4.69, 9.17) is 9.47 Å². The third-order valence-electron chi connectivity index (χ3n) is 4.94. The van der Waals surface area contributed by atoms with Crippen LogP contribution in [-0.4, -0.2) is 30.8 Å². The zero-order valence-corrected chi connectivity index (χ0v) is 18.7. The number of phenolic OH excluding ortho intramolecular Hbond substituents is 1. The van der Waals surface area contributed by atoms with Gasteiger partial charge in [-0.05, 0) is 66.0 Å². The van der Waals surface area contributed by atoms with Crippen LogP contribution in [0.2, 0.25) is 0 Å². The van der Waals surface area contributed by atoms with Crippen molar-refractivity contribution in [2.24, 2.45) is 0 Å². The van der Waals surface area contributed by atoms with E-state index in [2.05, 4.69) is 21.2 Å². The Balaban J connectivity index is 2.20. The van der Waals surface area contributed by atoms with Crippen molar-refractivity contribution < 1.29 is 24.2 Å². The van der Waals surface area contributed by atoms with Crippen molar-refractivity contribution in [3.63, 3.8) is 0 Å². The van der Waals surface area contributed by atoms with E-state index < -0.39 is 12.0 Å². The first-order valence-electron chi connectivity index (χ1n) is 9.40. The van der Waals surface area contributed by atoms with Gasteiger partial charge in [0.1, 0.15) is 0 Å². The van der Waals surface area contributed by atoms with Gasteiger partial charge in [0.2, 0.25) is 0 Å². The fourth-order valence-corrected chi connectivity index (χ4v) is 3.95. The van der Waals surface area contributed by atoms with Gasteiger partial charge in [-0.15, -0.1) is 0 Å². The lowest BCUT2D eigenvalue weighted by Crippen LogP contribution is -2.48. The van der Waals surface area contributed by atoms with Crippen LogP contribution in [0.5, 0.6) is 11.5 Å².